The largest absolute Gasteiger partial charge is 0.481 e. The lowest BCUT2D eigenvalue weighted by Gasteiger charge is -2.17. The number of hydrogen-bond donors (Lipinski definition) is 5. The number of carboxylic acids is 1. The van der Waals surface area contributed by atoms with Crippen LogP contribution < -0.4 is 11.1 Å². The molecule has 1 atom stereocenters. The second-order valence-electron chi connectivity index (χ2n) is 6.47. The van der Waals surface area contributed by atoms with Crippen molar-refractivity contribution in [3.63, 3.8) is 0 Å². The first kappa shape index (κ1) is 26.7. The summed E-state index contributed by atoms with van der Waals surface area (Å²) in [5.74, 6) is -3.21. The molecule has 6 N–H and O–H groups in total. The lowest BCUT2D eigenvalue weighted by molar-refractivity contribution is -0.167. The third kappa shape index (κ3) is 14.4. The van der Waals surface area contributed by atoms with Crippen molar-refractivity contribution in [2.75, 3.05) is 26.2 Å². The number of halogens is 1. The van der Waals surface area contributed by atoms with Gasteiger partial charge >= 0.3 is 5.97 Å². The van der Waals surface area contributed by atoms with Crippen LogP contribution >= 0.6 is 0 Å². The van der Waals surface area contributed by atoms with Crippen molar-refractivity contribution < 1.29 is 39.1 Å². The minimum absolute atomic E-state index is 0.149. The first-order valence-corrected chi connectivity index (χ1v) is 9.48. The standard InChI is InChI=1S/C17H31FN4O7/c18-13(8-11-22(29)16(25)6-7-17(26)27)12-20-14(23)4-5-15(24)21(28)10-3-1-2-9-19/h13,28-29H,1-12,19H2,(H,20,23)(H,26,27). The second-order valence-corrected chi connectivity index (χ2v) is 6.47. The van der Waals surface area contributed by atoms with Gasteiger partial charge in [0, 0.05) is 38.8 Å². The van der Waals surface area contributed by atoms with Crippen LogP contribution in [0.3, 0.4) is 0 Å². The van der Waals surface area contributed by atoms with E-state index in [0.717, 1.165) is 12.8 Å². The Hall–Kier alpha value is -2.31. The van der Waals surface area contributed by atoms with E-state index in [9.17, 15) is 34.0 Å². The van der Waals surface area contributed by atoms with Gasteiger partial charge in [-0.05, 0) is 19.4 Å². The third-order valence-corrected chi connectivity index (χ3v) is 3.94. The smallest absolute Gasteiger partial charge is 0.303 e. The number of alkyl halides is 1. The number of nitrogens with one attached hydrogen (secondary N) is 1. The lowest BCUT2D eigenvalue weighted by Crippen LogP contribution is -2.35. The number of hydroxylamine groups is 4. The Labute approximate surface area is 168 Å². The number of carbonyl (C=O) groups is 4. The van der Waals surface area contributed by atoms with E-state index in [-0.39, 0.29) is 44.0 Å². The zero-order valence-electron chi connectivity index (χ0n) is 16.4. The SMILES string of the molecule is NCCCCCN(O)C(=O)CCC(=O)NCC(F)CCN(O)C(=O)CCC(=O)O. The van der Waals surface area contributed by atoms with Crippen LogP contribution in [0.25, 0.3) is 0 Å². The first-order chi connectivity index (χ1) is 13.7. The molecule has 0 heterocycles. The summed E-state index contributed by atoms with van der Waals surface area (Å²) in [6.45, 7) is -0.0357. The van der Waals surface area contributed by atoms with E-state index in [4.69, 9.17) is 10.8 Å². The van der Waals surface area contributed by atoms with E-state index >= 15 is 0 Å². The van der Waals surface area contributed by atoms with Gasteiger partial charge in [-0.15, -0.1) is 0 Å². The number of carboxylic acid groups (broad SMARTS) is 1. The fourth-order valence-electron chi connectivity index (χ4n) is 2.20. The molecule has 0 aliphatic carbocycles. The van der Waals surface area contributed by atoms with E-state index in [1.54, 1.807) is 0 Å². The molecule has 0 fully saturated rings. The minimum atomic E-state index is -1.55. The van der Waals surface area contributed by atoms with Crippen LogP contribution in [0.5, 0.6) is 0 Å². The van der Waals surface area contributed by atoms with Crippen molar-refractivity contribution in [2.45, 2.75) is 57.5 Å². The van der Waals surface area contributed by atoms with Gasteiger partial charge in [0.2, 0.25) is 17.7 Å². The molecule has 0 aliphatic heterocycles. The first-order valence-electron chi connectivity index (χ1n) is 9.48. The molecule has 3 amide bonds. The third-order valence-electron chi connectivity index (χ3n) is 3.94. The Morgan fingerprint density at radius 2 is 1.48 bits per heavy atom. The molecule has 1 unspecified atom stereocenters. The molecule has 0 rings (SSSR count). The van der Waals surface area contributed by atoms with Gasteiger partial charge < -0.3 is 16.2 Å². The number of carbonyl (C=O) groups excluding carboxylic acids is 3. The molecule has 0 aromatic heterocycles. The normalized spacial score (nSPS) is 11.6. The highest BCUT2D eigenvalue weighted by atomic mass is 19.1. The molecule has 0 saturated carbocycles. The molecule has 168 valence electrons. The van der Waals surface area contributed by atoms with Gasteiger partial charge in [-0.3, -0.25) is 29.6 Å². The average molecular weight is 422 g/mol. The predicted molar refractivity (Wildman–Crippen MR) is 98.5 cm³/mol. The summed E-state index contributed by atoms with van der Waals surface area (Å²) >= 11 is 0. The number of nitrogens with zero attached hydrogens (tertiary/aromatic N) is 2. The van der Waals surface area contributed by atoms with Crippen molar-refractivity contribution >= 4 is 23.7 Å². The molecule has 0 radical (unpaired) electrons. The van der Waals surface area contributed by atoms with Gasteiger partial charge in [-0.1, -0.05) is 6.42 Å². The van der Waals surface area contributed by atoms with Crippen molar-refractivity contribution in [1.82, 2.24) is 15.4 Å². The average Bonchev–Trinajstić information content (AvgIpc) is 2.69. The van der Waals surface area contributed by atoms with E-state index in [1.807, 2.05) is 0 Å². The lowest BCUT2D eigenvalue weighted by atomic mass is 10.2. The molecule has 0 spiro atoms. The van der Waals surface area contributed by atoms with Crippen LogP contribution in [0.1, 0.15) is 51.4 Å². The molecule has 29 heavy (non-hydrogen) atoms. The number of hydrogen-bond acceptors (Lipinski definition) is 7. The van der Waals surface area contributed by atoms with Crippen LogP contribution in [0.4, 0.5) is 4.39 Å². The van der Waals surface area contributed by atoms with Crippen LogP contribution in [0.15, 0.2) is 0 Å². The Morgan fingerprint density at radius 3 is 2.07 bits per heavy atom. The Balaban J connectivity index is 3.93. The van der Waals surface area contributed by atoms with Crippen LogP contribution in [-0.2, 0) is 19.2 Å². The topological polar surface area (TPSA) is 173 Å². The number of aliphatic carboxylic acids is 1. The molecule has 0 aromatic carbocycles. The van der Waals surface area contributed by atoms with E-state index in [1.165, 1.54) is 0 Å². The highest BCUT2D eigenvalue weighted by Gasteiger charge is 2.17. The van der Waals surface area contributed by atoms with E-state index in [2.05, 4.69) is 5.32 Å². The summed E-state index contributed by atoms with van der Waals surface area (Å²) in [6, 6.07) is 0. The summed E-state index contributed by atoms with van der Waals surface area (Å²) in [5.41, 5.74) is 5.34. The monoisotopic (exact) mass is 422 g/mol. The quantitative estimate of drug-likeness (QED) is 0.132. The summed E-state index contributed by atoms with van der Waals surface area (Å²) in [5, 5.41) is 30.5. The summed E-state index contributed by atoms with van der Waals surface area (Å²) < 4.78 is 13.7. The molecule has 12 heteroatoms. The zero-order chi connectivity index (χ0) is 22.2. The van der Waals surface area contributed by atoms with Gasteiger partial charge in [-0.2, -0.15) is 0 Å². The van der Waals surface area contributed by atoms with Crippen molar-refractivity contribution in [3.8, 4) is 0 Å². The molecule has 11 nitrogen and oxygen atoms in total. The van der Waals surface area contributed by atoms with E-state index < -0.39 is 42.7 Å². The molecule has 0 aromatic rings. The van der Waals surface area contributed by atoms with Gasteiger partial charge in [0.1, 0.15) is 6.17 Å². The van der Waals surface area contributed by atoms with Gasteiger partial charge in [-0.25, -0.2) is 14.5 Å². The fourth-order valence-corrected chi connectivity index (χ4v) is 2.20. The molecular formula is C17H31FN4O7. The number of amides is 3. The van der Waals surface area contributed by atoms with Crippen LogP contribution in [0.2, 0.25) is 0 Å². The van der Waals surface area contributed by atoms with Gasteiger partial charge in [0.25, 0.3) is 0 Å². The van der Waals surface area contributed by atoms with Crippen molar-refractivity contribution in [1.29, 1.82) is 0 Å². The summed E-state index contributed by atoms with van der Waals surface area (Å²) in [4.78, 5) is 45.1. The van der Waals surface area contributed by atoms with Gasteiger partial charge in [0.15, 0.2) is 0 Å². The van der Waals surface area contributed by atoms with Crippen LogP contribution in [-0.4, -0.2) is 81.7 Å². The van der Waals surface area contributed by atoms with Crippen LogP contribution in [0, 0.1) is 0 Å². The predicted octanol–water partition coefficient (Wildman–Crippen LogP) is 0.0404. The summed E-state index contributed by atoms with van der Waals surface area (Å²) in [7, 11) is 0. The maximum absolute atomic E-state index is 13.7. The summed E-state index contributed by atoms with van der Waals surface area (Å²) in [6.07, 6.45) is -0.935. The van der Waals surface area contributed by atoms with Crippen molar-refractivity contribution in [2.24, 2.45) is 5.73 Å². The Bertz CT molecular complexity index is 536. The molecule has 0 aliphatic rings. The van der Waals surface area contributed by atoms with Crippen molar-refractivity contribution in [3.05, 3.63) is 0 Å². The Kier molecular flexibility index (Phi) is 14.4. The number of unbranched alkanes of at least 4 members (excludes halogenated alkanes) is 2. The fraction of sp³-hybridized carbons (Fsp3) is 0.765. The maximum Gasteiger partial charge on any atom is 0.303 e. The highest BCUT2D eigenvalue weighted by molar-refractivity contribution is 5.83. The molecule has 0 bridgehead atoms. The molecule has 0 saturated heterocycles. The zero-order valence-corrected chi connectivity index (χ0v) is 16.4. The number of nitrogens with two attached hydrogens (primary N) is 1. The maximum atomic E-state index is 13.7. The molecular weight excluding hydrogens is 391 g/mol. The Morgan fingerprint density at radius 1 is 0.897 bits per heavy atom. The second kappa shape index (κ2) is 15.6. The van der Waals surface area contributed by atoms with Gasteiger partial charge in [0.05, 0.1) is 13.0 Å². The minimum Gasteiger partial charge on any atom is -0.481 e. The highest BCUT2D eigenvalue weighted by Crippen LogP contribution is 2.03. The number of rotatable bonds is 16. The van der Waals surface area contributed by atoms with E-state index in [0.29, 0.717) is 18.0 Å².